The Labute approximate surface area is 87.6 Å². The molecule has 0 aliphatic rings. The van der Waals surface area contributed by atoms with E-state index in [1.807, 2.05) is 0 Å². The number of hydrogen-bond donors (Lipinski definition) is 1. The lowest BCUT2D eigenvalue weighted by molar-refractivity contribution is 0.00735. The topological polar surface area (TPSA) is 47.9 Å². The molecule has 0 unspecified atom stereocenters. The summed E-state index contributed by atoms with van der Waals surface area (Å²) in [5.74, 6) is 0. The van der Waals surface area contributed by atoms with Crippen LogP contribution in [0.15, 0.2) is 0 Å². The zero-order valence-electron chi connectivity index (χ0n) is 9.04. The van der Waals surface area contributed by atoms with E-state index >= 15 is 0 Å². The van der Waals surface area contributed by atoms with Crippen molar-refractivity contribution >= 4 is 0 Å². The number of aliphatic hydroxyl groups excluding tert-OH is 1. The minimum atomic E-state index is 0. The fraction of sp³-hybridized carbons (Fsp3) is 1.00. The fourth-order valence-corrected chi connectivity index (χ4v) is 0.853. The van der Waals surface area contributed by atoms with E-state index in [1.54, 1.807) is 0 Å². The summed E-state index contributed by atoms with van der Waals surface area (Å²) in [6.07, 6.45) is 2.27. The maximum atomic E-state index is 8.40. The van der Waals surface area contributed by atoms with Crippen LogP contribution in [0.2, 0.25) is 0 Å². The average molecular weight is 208 g/mol. The van der Waals surface area contributed by atoms with Gasteiger partial charge in [-0.25, -0.2) is 0 Å². The van der Waals surface area contributed by atoms with Crippen LogP contribution in [0.3, 0.4) is 0 Å². The molecular weight excluding hydrogens is 184 g/mol. The molecule has 0 rings (SSSR count). The Balaban J connectivity index is 0. The first-order valence-corrected chi connectivity index (χ1v) is 5.26. The van der Waals surface area contributed by atoms with E-state index in [9.17, 15) is 0 Å². The molecule has 88 valence electrons. The molecule has 0 amide bonds. The molecule has 0 fully saturated rings. The molecule has 0 aromatic rings. The highest BCUT2D eigenvalue weighted by atomic mass is 16.5. The van der Waals surface area contributed by atoms with Gasteiger partial charge in [-0.3, -0.25) is 0 Å². The third kappa shape index (κ3) is 11.8. The van der Waals surface area contributed by atoms with Gasteiger partial charge in [0.15, 0.2) is 0 Å². The van der Waals surface area contributed by atoms with E-state index in [0.29, 0.717) is 33.0 Å². The molecule has 0 saturated heterocycles. The van der Waals surface area contributed by atoms with Crippen molar-refractivity contribution < 1.29 is 20.7 Å². The molecule has 0 atom stereocenters. The Bertz CT molecular complexity index is 91.4. The summed E-state index contributed by atoms with van der Waals surface area (Å²) in [6.45, 7) is 5.79. The zero-order valence-corrected chi connectivity index (χ0v) is 9.04. The van der Waals surface area contributed by atoms with Gasteiger partial charge in [-0.05, 0) is 6.42 Å². The van der Waals surface area contributed by atoms with Crippen LogP contribution < -0.4 is 0 Å². The molecule has 0 aromatic heterocycles. The van der Waals surface area contributed by atoms with Crippen LogP contribution in [0.1, 0.15) is 21.2 Å². The number of aliphatic hydroxyl groups is 1. The maximum Gasteiger partial charge on any atom is 0.0701 e. The highest BCUT2D eigenvalue weighted by molar-refractivity contribution is 4.35. The Kier molecular flexibility index (Phi) is 12.7. The third-order valence-electron chi connectivity index (χ3n) is 1.62. The van der Waals surface area contributed by atoms with Gasteiger partial charge in [0, 0.05) is 8.03 Å². The molecule has 1 N–H and O–H groups in total. The normalized spacial score (nSPS) is 10.7. The first-order chi connectivity index (χ1) is 6.91. The second kappa shape index (κ2) is 12.8. The van der Waals surface area contributed by atoms with Crippen molar-refractivity contribution in [3.05, 3.63) is 0 Å². The van der Waals surface area contributed by atoms with E-state index in [2.05, 4.69) is 6.92 Å². The van der Waals surface area contributed by atoms with Gasteiger partial charge in [0.1, 0.15) is 0 Å². The smallest absolute Gasteiger partial charge is 0.0701 e. The molecule has 0 aliphatic heterocycles. The molecule has 4 heteroatoms. The Morgan fingerprint density at radius 1 is 0.857 bits per heavy atom. The summed E-state index contributed by atoms with van der Waals surface area (Å²) in [5.41, 5.74) is 0. The van der Waals surface area contributed by atoms with Gasteiger partial charge < -0.3 is 19.3 Å². The summed E-state index contributed by atoms with van der Waals surface area (Å²) in [5, 5.41) is 8.40. The molecule has 0 aromatic carbocycles. The summed E-state index contributed by atoms with van der Waals surface area (Å²) in [7, 11) is 0. The molecule has 0 heterocycles. The van der Waals surface area contributed by atoms with Crippen LogP contribution in [0, 0.1) is 0 Å². The van der Waals surface area contributed by atoms with Gasteiger partial charge in [0.05, 0.1) is 39.6 Å². The second-order valence-electron chi connectivity index (χ2n) is 2.91. The van der Waals surface area contributed by atoms with Crippen molar-refractivity contribution in [2.45, 2.75) is 19.8 Å². The standard InChI is InChI=1S/C10H22O4.H2/c1-2-3-5-12-7-9-14-10-8-13-6-4-11;/h11H,2-10H2,1H3;1H. The van der Waals surface area contributed by atoms with Gasteiger partial charge >= 0.3 is 0 Å². The lowest BCUT2D eigenvalue weighted by Crippen LogP contribution is -2.11. The highest BCUT2D eigenvalue weighted by Crippen LogP contribution is 1.87. The van der Waals surface area contributed by atoms with Gasteiger partial charge in [-0.1, -0.05) is 13.3 Å². The SMILES string of the molecule is CCCCOCCOCCOCCO.[HH]. The summed E-state index contributed by atoms with van der Waals surface area (Å²) < 4.78 is 15.5. The van der Waals surface area contributed by atoms with Crippen LogP contribution in [0.25, 0.3) is 0 Å². The fourth-order valence-electron chi connectivity index (χ4n) is 0.853. The van der Waals surface area contributed by atoms with Crippen molar-refractivity contribution in [3.63, 3.8) is 0 Å². The molecule has 0 spiro atoms. The van der Waals surface area contributed by atoms with Gasteiger partial charge in [-0.15, -0.1) is 0 Å². The second-order valence-corrected chi connectivity index (χ2v) is 2.91. The monoisotopic (exact) mass is 208 g/mol. The van der Waals surface area contributed by atoms with E-state index in [0.717, 1.165) is 19.4 Å². The zero-order chi connectivity index (χ0) is 10.5. The van der Waals surface area contributed by atoms with Crippen molar-refractivity contribution in [1.82, 2.24) is 0 Å². The molecule has 0 bridgehead atoms. The first-order valence-electron chi connectivity index (χ1n) is 5.26. The van der Waals surface area contributed by atoms with E-state index in [4.69, 9.17) is 19.3 Å². The molecule has 0 radical (unpaired) electrons. The molecular formula is C10H24O4. The predicted molar refractivity (Wildman–Crippen MR) is 56.6 cm³/mol. The summed E-state index contributed by atoms with van der Waals surface area (Å²) >= 11 is 0. The molecule has 4 nitrogen and oxygen atoms in total. The number of unbranched alkanes of at least 4 members (excludes halogenated alkanes) is 1. The van der Waals surface area contributed by atoms with Crippen molar-refractivity contribution in [1.29, 1.82) is 0 Å². The lowest BCUT2D eigenvalue weighted by Gasteiger charge is -2.05. The van der Waals surface area contributed by atoms with E-state index in [1.165, 1.54) is 0 Å². The van der Waals surface area contributed by atoms with Crippen molar-refractivity contribution in [2.75, 3.05) is 46.2 Å². The average Bonchev–Trinajstić information content (AvgIpc) is 2.21. The van der Waals surface area contributed by atoms with Crippen LogP contribution in [-0.2, 0) is 14.2 Å². The van der Waals surface area contributed by atoms with Crippen LogP contribution in [-0.4, -0.2) is 51.4 Å². The maximum absolute atomic E-state index is 8.40. The first kappa shape index (κ1) is 13.8. The highest BCUT2D eigenvalue weighted by Gasteiger charge is 1.90. The van der Waals surface area contributed by atoms with Gasteiger partial charge in [-0.2, -0.15) is 0 Å². The summed E-state index contributed by atoms with van der Waals surface area (Å²) in [4.78, 5) is 0. The minimum Gasteiger partial charge on any atom is -0.394 e. The molecule has 14 heavy (non-hydrogen) atoms. The largest absolute Gasteiger partial charge is 0.394 e. The van der Waals surface area contributed by atoms with Gasteiger partial charge in [0.25, 0.3) is 0 Å². The molecule has 0 saturated carbocycles. The quantitative estimate of drug-likeness (QED) is 0.516. The lowest BCUT2D eigenvalue weighted by atomic mass is 10.4. The van der Waals surface area contributed by atoms with Crippen molar-refractivity contribution in [2.24, 2.45) is 0 Å². The Morgan fingerprint density at radius 2 is 1.36 bits per heavy atom. The number of ether oxygens (including phenoxy) is 3. The number of hydrogen-bond acceptors (Lipinski definition) is 4. The number of rotatable bonds is 11. The van der Waals surface area contributed by atoms with Crippen molar-refractivity contribution in [3.8, 4) is 0 Å². The van der Waals surface area contributed by atoms with Crippen LogP contribution >= 0.6 is 0 Å². The van der Waals surface area contributed by atoms with E-state index in [-0.39, 0.29) is 8.03 Å². The summed E-state index contributed by atoms with van der Waals surface area (Å²) in [6, 6.07) is 0. The Hall–Kier alpha value is -0.160. The predicted octanol–water partition coefficient (Wildman–Crippen LogP) is 1.07. The molecule has 0 aliphatic carbocycles. The Morgan fingerprint density at radius 3 is 1.86 bits per heavy atom. The third-order valence-corrected chi connectivity index (χ3v) is 1.62. The van der Waals surface area contributed by atoms with Crippen LogP contribution in [0.5, 0.6) is 0 Å². The van der Waals surface area contributed by atoms with E-state index < -0.39 is 0 Å². The minimum absolute atomic E-state index is 0. The van der Waals surface area contributed by atoms with Gasteiger partial charge in [0.2, 0.25) is 0 Å². The van der Waals surface area contributed by atoms with Crippen LogP contribution in [0.4, 0.5) is 0 Å².